The number of carbonyl (C=O) groups is 2. The van der Waals surface area contributed by atoms with Crippen LogP contribution in [0.2, 0.25) is 0 Å². The number of aliphatic carboxylic acids is 1. The molecule has 1 heterocycles. The van der Waals surface area contributed by atoms with E-state index in [1.165, 1.54) is 4.68 Å². The molecule has 0 saturated carbocycles. The SMILES string of the molecule is O=C(NC(Cn1cc(I)cn1)C(=O)O)OCC1c2ccccc2-c2ccccc21. The highest BCUT2D eigenvalue weighted by Crippen LogP contribution is 2.44. The highest BCUT2D eigenvalue weighted by Gasteiger charge is 2.29. The Kier molecular flexibility index (Phi) is 5.52. The number of halogens is 1. The normalized spacial score (nSPS) is 13.4. The first-order valence-corrected chi connectivity index (χ1v) is 10.1. The summed E-state index contributed by atoms with van der Waals surface area (Å²) in [7, 11) is 0. The van der Waals surface area contributed by atoms with Crippen molar-refractivity contribution in [1.29, 1.82) is 0 Å². The number of carboxylic acid groups (broad SMARTS) is 1. The molecule has 4 rings (SSSR count). The first-order valence-electron chi connectivity index (χ1n) is 9.05. The van der Waals surface area contributed by atoms with Crippen molar-refractivity contribution in [3.8, 4) is 11.1 Å². The number of benzene rings is 2. The molecular weight excluding hydrogens is 485 g/mol. The van der Waals surface area contributed by atoms with Crippen LogP contribution in [-0.2, 0) is 16.1 Å². The first kappa shape index (κ1) is 19.4. The summed E-state index contributed by atoms with van der Waals surface area (Å²) in [5.41, 5.74) is 4.47. The summed E-state index contributed by atoms with van der Waals surface area (Å²) in [5.74, 6) is -1.23. The third-order valence-electron chi connectivity index (χ3n) is 4.91. The average molecular weight is 503 g/mol. The number of hydrogen-bond donors (Lipinski definition) is 2. The van der Waals surface area contributed by atoms with Gasteiger partial charge in [0.25, 0.3) is 0 Å². The molecule has 2 aromatic carbocycles. The molecule has 0 spiro atoms. The molecule has 1 atom stereocenters. The van der Waals surface area contributed by atoms with E-state index in [1.807, 2.05) is 36.4 Å². The monoisotopic (exact) mass is 503 g/mol. The van der Waals surface area contributed by atoms with Crippen LogP contribution in [0.4, 0.5) is 4.79 Å². The zero-order valence-corrected chi connectivity index (χ0v) is 17.4. The molecule has 29 heavy (non-hydrogen) atoms. The van der Waals surface area contributed by atoms with Crippen LogP contribution >= 0.6 is 22.6 Å². The molecule has 1 aliphatic rings. The molecule has 0 bridgehead atoms. The Hall–Kier alpha value is -2.88. The van der Waals surface area contributed by atoms with Crippen molar-refractivity contribution in [2.45, 2.75) is 18.5 Å². The van der Waals surface area contributed by atoms with Crippen LogP contribution in [0.3, 0.4) is 0 Å². The highest BCUT2D eigenvalue weighted by molar-refractivity contribution is 14.1. The Morgan fingerprint density at radius 2 is 1.76 bits per heavy atom. The largest absolute Gasteiger partial charge is 0.480 e. The van der Waals surface area contributed by atoms with Crippen molar-refractivity contribution in [2.24, 2.45) is 0 Å². The molecule has 0 radical (unpaired) electrons. The summed E-state index contributed by atoms with van der Waals surface area (Å²) in [5, 5.41) is 15.9. The van der Waals surface area contributed by atoms with Crippen LogP contribution in [-0.4, -0.2) is 39.6 Å². The van der Waals surface area contributed by atoms with Crippen LogP contribution < -0.4 is 5.32 Å². The number of nitrogens with one attached hydrogen (secondary N) is 1. The minimum atomic E-state index is -1.15. The summed E-state index contributed by atoms with van der Waals surface area (Å²) < 4.78 is 7.78. The molecule has 2 N–H and O–H groups in total. The van der Waals surface area contributed by atoms with Gasteiger partial charge in [0.1, 0.15) is 12.6 Å². The molecule has 1 aliphatic carbocycles. The van der Waals surface area contributed by atoms with Gasteiger partial charge in [0.05, 0.1) is 16.3 Å². The smallest absolute Gasteiger partial charge is 0.407 e. The zero-order chi connectivity index (χ0) is 20.4. The summed E-state index contributed by atoms with van der Waals surface area (Å²) in [6.07, 6.45) is 2.56. The maximum absolute atomic E-state index is 12.3. The molecule has 1 unspecified atom stereocenters. The predicted molar refractivity (Wildman–Crippen MR) is 115 cm³/mol. The minimum Gasteiger partial charge on any atom is -0.480 e. The fourth-order valence-corrected chi connectivity index (χ4v) is 4.04. The standard InChI is InChI=1S/C21H18IN3O4/c22-13-9-23-25(10-13)11-19(20(26)27)24-21(28)29-12-18-16-7-3-1-5-14(16)15-6-2-4-8-17(15)18/h1-10,18-19H,11-12H2,(H,24,28)(H,26,27). The summed E-state index contributed by atoms with van der Waals surface area (Å²) in [4.78, 5) is 23.8. The minimum absolute atomic E-state index is 0.0164. The first-order chi connectivity index (χ1) is 14.0. The Labute approximate surface area is 180 Å². The van der Waals surface area contributed by atoms with Gasteiger partial charge in [0.15, 0.2) is 0 Å². The number of carboxylic acids is 1. The molecule has 0 saturated heterocycles. The predicted octanol–water partition coefficient (Wildman–Crippen LogP) is 3.48. The van der Waals surface area contributed by atoms with Crippen LogP contribution in [0.25, 0.3) is 11.1 Å². The lowest BCUT2D eigenvalue weighted by atomic mass is 9.98. The van der Waals surface area contributed by atoms with Gasteiger partial charge in [-0.15, -0.1) is 0 Å². The maximum Gasteiger partial charge on any atom is 0.407 e. The van der Waals surface area contributed by atoms with Crippen LogP contribution in [0.5, 0.6) is 0 Å². The Morgan fingerprint density at radius 1 is 1.14 bits per heavy atom. The lowest BCUT2D eigenvalue weighted by Crippen LogP contribution is -2.44. The van der Waals surface area contributed by atoms with Crippen molar-refractivity contribution in [2.75, 3.05) is 6.61 Å². The van der Waals surface area contributed by atoms with Crippen LogP contribution in [0, 0.1) is 3.57 Å². The van der Waals surface area contributed by atoms with E-state index in [1.54, 1.807) is 12.4 Å². The van der Waals surface area contributed by atoms with Crippen molar-refractivity contribution in [3.05, 3.63) is 75.6 Å². The van der Waals surface area contributed by atoms with Gasteiger partial charge in [-0.2, -0.15) is 5.10 Å². The molecule has 1 aromatic heterocycles. The van der Waals surface area contributed by atoms with E-state index in [2.05, 4.69) is 45.1 Å². The third-order valence-corrected chi connectivity index (χ3v) is 5.46. The van der Waals surface area contributed by atoms with Gasteiger partial charge >= 0.3 is 12.1 Å². The quantitative estimate of drug-likeness (QED) is 0.503. The molecule has 7 nitrogen and oxygen atoms in total. The second kappa shape index (κ2) is 8.24. The summed E-state index contributed by atoms with van der Waals surface area (Å²) in [6, 6.07) is 14.9. The Morgan fingerprint density at radius 3 is 2.31 bits per heavy atom. The molecule has 8 heteroatoms. The van der Waals surface area contributed by atoms with E-state index in [-0.39, 0.29) is 19.1 Å². The number of fused-ring (bicyclic) bond motifs is 3. The number of aromatic nitrogens is 2. The summed E-state index contributed by atoms with van der Waals surface area (Å²) in [6.45, 7) is 0.147. The number of rotatable bonds is 6. The van der Waals surface area contributed by atoms with E-state index < -0.39 is 18.1 Å². The van der Waals surface area contributed by atoms with Gasteiger partial charge in [-0.25, -0.2) is 9.59 Å². The molecule has 1 amide bonds. The fourth-order valence-electron chi connectivity index (χ4n) is 3.59. The van der Waals surface area contributed by atoms with Crippen LogP contribution in [0.15, 0.2) is 60.9 Å². The molecule has 148 valence electrons. The lowest BCUT2D eigenvalue weighted by molar-refractivity contribution is -0.139. The maximum atomic E-state index is 12.3. The van der Waals surface area contributed by atoms with Crippen molar-refractivity contribution in [3.63, 3.8) is 0 Å². The average Bonchev–Trinajstić information content (AvgIpc) is 3.27. The topological polar surface area (TPSA) is 93.5 Å². The van der Waals surface area contributed by atoms with Crippen LogP contribution in [0.1, 0.15) is 17.0 Å². The van der Waals surface area contributed by atoms with E-state index in [4.69, 9.17) is 4.74 Å². The van der Waals surface area contributed by atoms with Gasteiger partial charge in [-0.1, -0.05) is 48.5 Å². The Balaban J connectivity index is 1.43. The van der Waals surface area contributed by atoms with Crippen molar-refractivity contribution in [1.82, 2.24) is 15.1 Å². The summed E-state index contributed by atoms with van der Waals surface area (Å²) >= 11 is 2.08. The number of alkyl carbamates (subject to hydrolysis) is 1. The zero-order valence-electron chi connectivity index (χ0n) is 15.3. The number of amides is 1. The molecule has 0 fully saturated rings. The van der Waals surface area contributed by atoms with E-state index in [0.717, 1.165) is 25.8 Å². The van der Waals surface area contributed by atoms with Gasteiger partial charge in [-0.3, -0.25) is 4.68 Å². The molecular formula is C21H18IN3O4. The highest BCUT2D eigenvalue weighted by atomic mass is 127. The molecule has 3 aromatic rings. The second-order valence-electron chi connectivity index (χ2n) is 6.74. The second-order valence-corrected chi connectivity index (χ2v) is 7.99. The lowest BCUT2D eigenvalue weighted by Gasteiger charge is -2.17. The number of nitrogens with zero attached hydrogens (tertiary/aromatic N) is 2. The third kappa shape index (κ3) is 4.12. The number of carbonyl (C=O) groups excluding carboxylic acids is 1. The number of hydrogen-bond acceptors (Lipinski definition) is 4. The fraction of sp³-hybridized carbons (Fsp3) is 0.190. The van der Waals surface area contributed by atoms with Gasteiger partial charge in [0.2, 0.25) is 0 Å². The van der Waals surface area contributed by atoms with Gasteiger partial charge < -0.3 is 15.2 Å². The van der Waals surface area contributed by atoms with E-state index >= 15 is 0 Å². The molecule has 0 aliphatic heterocycles. The van der Waals surface area contributed by atoms with Crippen molar-refractivity contribution < 1.29 is 19.4 Å². The number of ether oxygens (including phenoxy) is 1. The van der Waals surface area contributed by atoms with E-state index in [9.17, 15) is 14.7 Å². The van der Waals surface area contributed by atoms with Gasteiger partial charge in [0, 0.05) is 12.1 Å². The van der Waals surface area contributed by atoms with Crippen molar-refractivity contribution >= 4 is 34.7 Å². The Bertz CT molecular complexity index is 1020. The van der Waals surface area contributed by atoms with Gasteiger partial charge in [-0.05, 0) is 44.8 Å². The van der Waals surface area contributed by atoms with E-state index in [0.29, 0.717) is 0 Å².